The van der Waals surface area contributed by atoms with E-state index in [1.807, 2.05) is 0 Å². The normalized spacial score (nSPS) is 14.1. The molecule has 2 amide bonds. The van der Waals surface area contributed by atoms with Crippen LogP contribution in [0.15, 0.2) is 0 Å². The summed E-state index contributed by atoms with van der Waals surface area (Å²) < 4.78 is 0. The molecule has 0 aromatic rings. The number of halogens is 1. The summed E-state index contributed by atoms with van der Waals surface area (Å²) >= 11 is 5.96. The fourth-order valence-corrected chi connectivity index (χ4v) is 2.03. The van der Waals surface area contributed by atoms with E-state index in [9.17, 15) is 19.5 Å². The van der Waals surface area contributed by atoms with Crippen molar-refractivity contribution in [1.82, 2.24) is 4.90 Å². The molecule has 18 heavy (non-hydrogen) atoms. The smallest absolute Gasteiger partial charge is 0.345 e. The van der Waals surface area contributed by atoms with E-state index in [0.29, 0.717) is 4.90 Å². The number of carbonyl (C=O) groups is 3. The summed E-state index contributed by atoms with van der Waals surface area (Å²) in [6, 6.07) is 0. The van der Waals surface area contributed by atoms with Crippen molar-refractivity contribution in [2.45, 2.75) is 25.3 Å². The summed E-state index contributed by atoms with van der Waals surface area (Å²) in [4.78, 5) is 32.8. The minimum Gasteiger partial charge on any atom is -0.479 e. The minimum absolute atomic E-state index is 0.0959. The van der Waals surface area contributed by atoms with Gasteiger partial charge in [-0.1, -0.05) is 25.4 Å². The molecule has 0 aromatic carbocycles. The van der Waals surface area contributed by atoms with Gasteiger partial charge in [-0.05, 0) is 12.3 Å². The number of amides is 2. The number of aliphatic carboxylic acids is 1. The first-order valence-electron chi connectivity index (χ1n) is 5.39. The van der Waals surface area contributed by atoms with E-state index < -0.39 is 35.9 Å². The highest BCUT2D eigenvalue weighted by Gasteiger charge is 2.48. The van der Waals surface area contributed by atoms with Gasteiger partial charge in [0.25, 0.3) is 0 Å². The van der Waals surface area contributed by atoms with Crippen molar-refractivity contribution in [2.75, 3.05) is 13.1 Å². The van der Waals surface area contributed by atoms with Gasteiger partial charge < -0.3 is 16.6 Å². The third kappa shape index (κ3) is 3.66. The van der Waals surface area contributed by atoms with Gasteiger partial charge in [0.1, 0.15) is 0 Å². The van der Waals surface area contributed by atoms with Gasteiger partial charge in [0.15, 0.2) is 0 Å². The number of carboxylic acids is 1. The van der Waals surface area contributed by atoms with Gasteiger partial charge in [-0.15, -0.1) is 0 Å². The molecule has 0 aliphatic rings. The fourth-order valence-electron chi connectivity index (χ4n) is 1.53. The monoisotopic (exact) mass is 279 g/mol. The van der Waals surface area contributed by atoms with E-state index in [0.717, 1.165) is 0 Å². The first-order valence-corrected chi connectivity index (χ1v) is 5.76. The van der Waals surface area contributed by atoms with Gasteiger partial charge in [0.05, 0.1) is 13.1 Å². The highest BCUT2D eigenvalue weighted by Crippen LogP contribution is 2.29. The van der Waals surface area contributed by atoms with E-state index in [4.69, 9.17) is 23.1 Å². The van der Waals surface area contributed by atoms with Crippen molar-refractivity contribution in [1.29, 1.82) is 0 Å². The second-order valence-corrected chi connectivity index (χ2v) is 4.82. The van der Waals surface area contributed by atoms with Crippen molar-refractivity contribution < 1.29 is 19.5 Å². The third-order valence-corrected chi connectivity index (χ3v) is 2.69. The average Bonchev–Trinajstić information content (AvgIpc) is 2.27. The summed E-state index contributed by atoms with van der Waals surface area (Å²) in [7, 11) is 0. The number of carbonyl (C=O) groups excluding carboxylic acids is 2. The Bertz CT molecular complexity index is 332. The van der Waals surface area contributed by atoms with E-state index in [1.54, 1.807) is 13.8 Å². The van der Waals surface area contributed by atoms with Gasteiger partial charge in [0, 0.05) is 0 Å². The van der Waals surface area contributed by atoms with Crippen LogP contribution < -0.4 is 11.5 Å². The molecule has 8 heteroatoms. The largest absolute Gasteiger partial charge is 0.479 e. The molecule has 0 aliphatic heterocycles. The lowest BCUT2D eigenvalue weighted by Gasteiger charge is -2.34. The Labute approximate surface area is 110 Å². The van der Waals surface area contributed by atoms with Crippen LogP contribution in [0.2, 0.25) is 0 Å². The highest BCUT2D eigenvalue weighted by atomic mass is 35.5. The van der Waals surface area contributed by atoms with Gasteiger partial charge in [-0.2, -0.15) is 0 Å². The van der Waals surface area contributed by atoms with Crippen LogP contribution in [0.3, 0.4) is 0 Å². The maximum atomic E-state index is 11.6. The Kier molecular flexibility index (Phi) is 6.23. The van der Waals surface area contributed by atoms with Crippen LogP contribution in [0, 0.1) is 5.92 Å². The van der Waals surface area contributed by atoms with Crippen LogP contribution in [0.25, 0.3) is 0 Å². The molecule has 104 valence electrons. The van der Waals surface area contributed by atoms with Crippen LogP contribution >= 0.6 is 11.6 Å². The molecule has 1 unspecified atom stereocenters. The molecule has 7 nitrogen and oxygen atoms in total. The molecule has 5 N–H and O–H groups in total. The molecule has 0 spiro atoms. The topological polar surface area (TPSA) is 127 Å². The number of alkyl halides is 1. The zero-order valence-electron chi connectivity index (χ0n) is 10.4. The van der Waals surface area contributed by atoms with Crippen molar-refractivity contribution in [3.8, 4) is 0 Å². The molecule has 0 bridgehead atoms. The number of nitrogens with two attached hydrogens (primary N) is 2. The van der Waals surface area contributed by atoms with E-state index in [2.05, 4.69) is 0 Å². The van der Waals surface area contributed by atoms with Crippen molar-refractivity contribution in [2.24, 2.45) is 17.4 Å². The van der Waals surface area contributed by atoms with Crippen LogP contribution in [-0.2, 0) is 14.4 Å². The lowest BCUT2D eigenvalue weighted by atomic mass is 10.0. The molecule has 0 aromatic heterocycles. The van der Waals surface area contributed by atoms with Gasteiger partial charge in [-0.25, -0.2) is 9.69 Å². The SMILES string of the molecule is CC(C)CC(Cl)(C(=O)O)N(C(=O)CN)C(=O)CN. The lowest BCUT2D eigenvalue weighted by Crippen LogP contribution is -2.59. The number of imide groups is 1. The van der Waals surface area contributed by atoms with E-state index in [-0.39, 0.29) is 12.3 Å². The van der Waals surface area contributed by atoms with Crippen LogP contribution in [-0.4, -0.2) is 45.9 Å². The Morgan fingerprint density at radius 1 is 1.22 bits per heavy atom. The molecular formula is C10H18ClN3O4. The second kappa shape index (κ2) is 6.67. The van der Waals surface area contributed by atoms with Crippen LogP contribution in [0.4, 0.5) is 0 Å². The average molecular weight is 280 g/mol. The van der Waals surface area contributed by atoms with Gasteiger partial charge in [0.2, 0.25) is 16.8 Å². The lowest BCUT2D eigenvalue weighted by molar-refractivity contribution is -0.160. The standard InChI is InChI=1S/C10H18ClN3O4/c1-6(2)3-10(11,9(17)18)14(7(15)4-12)8(16)5-13/h6H,3-5,12-13H2,1-2H3,(H,17,18). The predicted molar refractivity (Wildman–Crippen MR) is 65.6 cm³/mol. The number of nitrogens with zero attached hydrogens (tertiary/aromatic N) is 1. The molecule has 0 saturated heterocycles. The molecular weight excluding hydrogens is 262 g/mol. The fraction of sp³-hybridized carbons (Fsp3) is 0.700. The maximum Gasteiger partial charge on any atom is 0.345 e. The Morgan fingerprint density at radius 3 is 1.83 bits per heavy atom. The summed E-state index contributed by atoms with van der Waals surface area (Å²) in [6.45, 7) is 2.40. The molecule has 0 radical (unpaired) electrons. The van der Waals surface area contributed by atoms with Crippen molar-refractivity contribution in [3.63, 3.8) is 0 Å². The molecule has 0 fully saturated rings. The van der Waals surface area contributed by atoms with Crippen LogP contribution in [0.1, 0.15) is 20.3 Å². The quantitative estimate of drug-likeness (QED) is 0.437. The second-order valence-electron chi connectivity index (χ2n) is 4.19. The zero-order chi connectivity index (χ0) is 14.5. The molecule has 0 heterocycles. The van der Waals surface area contributed by atoms with Gasteiger partial charge in [-0.3, -0.25) is 9.59 Å². The first kappa shape index (κ1) is 16.8. The Balaban J connectivity index is 5.55. The zero-order valence-corrected chi connectivity index (χ0v) is 11.1. The van der Waals surface area contributed by atoms with E-state index >= 15 is 0 Å². The van der Waals surface area contributed by atoms with Gasteiger partial charge >= 0.3 is 5.97 Å². The summed E-state index contributed by atoms with van der Waals surface area (Å²) in [5, 5.41) is 9.18. The third-order valence-electron chi connectivity index (χ3n) is 2.21. The maximum absolute atomic E-state index is 11.6. The number of rotatable bonds is 6. The molecule has 0 saturated carbocycles. The van der Waals surface area contributed by atoms with E-state index in [1.165, 1.54) is 0 Å². The number of carboxylic acid groups (broad SMARTS) is 1. The van der Waals surface area contributed by atoms with Crippen molar-refractivity contribution in [3.05, 3.63) is 0 Å². The molecule has 0 rings (SSSR count). The Morgan fingerprint density at radius 2 is 1.61 bits per heavy atom. The molecule has 0 aliphatic carbocycles. The van der Waals surface area contributed by atoms with Crippen molar-refractivity contribution >= 4 is 29.4 Å². The number of hydrogen-bond donors (Lipinski definition) is 3. The predicted octanol–water partition coefficient (Wildman–Crippen LogP) is -0.675. The molecule has 1 atom stereocenters. The summed E-state index contributed by atoms with van der Waals surface area (Å²) in [6.07, 6.45) is -0.0959. The van der Waals surface area contributed by atoms with Crippen LogP contribution in [0.5, 0.6) is 0 Å². The Hall–Kier alpha value is -1.18. The number of hydrogen-bond acceptors (Lipinski definition) is 5. The highest BCUT2D eigenvalue weighted by molar-refractivity contribution is 6.35. The first-order chi connectivity index (χ1) is 8.20. The summed E-state index contributed by atoms with van der Waals surface area (Å²) in [5.41, 5.74) is 10.3. The minimum atomic E-state index is -2.15. The summed E-state index contributed by atoms with van der Waals surface area (Å²) in [5.74, 6) is -3.37.